The molecule has 5 heteroatoms. The molecule has 0 bridgehead atoms. The SMILES string of the molecule is Cc1c(CC(=O)N2CCCN(Cc3ccsc3)CC2)sc2ccccc12. The van der Waals surface area contributed by atoms with E-state index in [9.17, 15) is 4.79 Å². The number of carbonyl (C=O) groups is 1. The second-order valence-corrected chi connectivity index (χ2v) is 8.88. The minimum absolute atomic E-state index is 0.275. The van der Waals surface area contributed by atoms with Crippen molar-refractivity contribution in [3.8, 4) is 0 Å². The van der Waals surface area contributed by atoms with Gasteiger partial charge in [0, 0.05) is 42.3 Å². The van der Waals surface area contributed by atoms with Gasteiger partial charge in [-0.15, -0.1) is 11.3 Å². The molecule has 0 saturated carbocycles. The van der Waals surface area contributed by atoms with Crippen LogP contribution in [0.15, 0.2) is 41.1 Å². The smallest absolute Gasteiger partial charge is 0.227 e. The molecule has 3 heterocycles. The quantitative estimate of drug-likeness (QED) is 0.659. The summed E-state index contributed by atoms with van der Waals surface area (Å²) in [5.74, 6) is 0.275. The first-order valence-electron chi connectivity index (χ1n) is 9.19. The van der Waals surface area contributed by atoms with Gasteiger partial charge in [-0.1, -0.05) is 18.2 Å². The van der Waals surface area contributed by atoms with Gasteiger partial charge in [-0.3, -0.25) is 9.69 Å². The van der Waals surface area contributed by atoms with Crippen LogP contribution >= 0.6 is 22.7 Å². The molecule has 2 aromatic heterocycles. The standard InChI is InChI=1S/C21H24N2OS2/c1-16-18-5-2-3-6-19(18)26-20(16)13-21(24)23-9-4-8-22(10-11-23)14-17-7-12-25-15-17/h2-3,5-7,12,15H,4,8-11,13-14H2,1H3. The van der Waals surface area contributed by atoms with Crippen LogP contribution in [0.3, 0.4) is 0 Å². The van der Waals surface area contributed by atoms with Gasteiger partial charge >= 0.3 is 0 Å². The fourth-order valence-corrected chi connectivity index (χ4v) is 5.52. The summed E-state index contributed by atoms with van der Waals surface area (Å²) in [6.07, 6.45) is 1.59. The fraction of sp³-hybridized carbons (Fsp3) is 0.381. The number of amides is 1. The van der Waals surface area contributed by atoms with E-state index in [2.05, 4.69) is 57.8 Å². The number of thiophene rings is 2. The van der Waals surface area contributed by atoms with E-state index >= 15 is 0 Å². The number of nitrogens with zero attached hydrogens (tertiary/aromatic N) is 2. The summed E-state index contributed by atoms with van der Waals surface area (Å²) in [6, 6.07) is 10.6. The van der Waals surface area contributed by atoms with Gasteiger partial charge in [-0.05, 0) is 52.8 Å². The van der Waals surface area contributed by atoms with Crippen molar-refractivity contribution < 1.29 is 4.79 Å². The Labute approximate surface area is 162 Å². The summed E-state index contributed by atoms with van der Waals surface area (Å²) in [5, 5.41) is 5.65. The van der Waals surface area contributed by atoms with Gasteiger partial charge in [-0.2, -0.15) is 11.3 Å². The topological polar surface area (TPSA) is 23.6 Å². The predicted molar refractivity (Wildman–Crippen MR) is 111 cm³/mol. The summed E-state index contributed by atoms with van der Waals surface area (Å²) in [6.45, 7) is 6.90. The molecular formula is C21H24N2OS2. The van der Waals surface area contributed by atoms with E-state index in [0.29, 0.717) is 6.42 Å². The Bertz CT molecular complexity index is 885. The zero-order valence-corrected chi connectivity index (χ0v) is 16.7. The molecule has 1 aromatic carbocycles. The molecule has 1 saturated heterocycles. The van der Waals surface area contributed by atoms with Crippen molar-refractivity contribution in [2.75, 3.05) is 26.2 Å². The first-order chi connectivity index (χ1) is 12.7. The maximum absolute atomic E-state index is 12.9. The van der Waals surface area contributed by atoms with E-state index in [-0.39, 0.29) is 5.91 Å². The van der Waals surface area contributed by atoms with E-state index in [1.807, 2.05) is 0 Å². The van der Waals surface area contributed by atoms with Crippen LogP contribution < -0.4 is 0 Å². The molecule has 0 spiro atoms. The fourth-order valence-electron chi connectivity index (χ4n) is 3.66. The monoisotopic (exact) mass is 384 g/mol. The van der Waals surface area contributed by atoms with Crippen LogP contribution in [0.1, 0.15) is 22.4 Å². The summed E-state index contributed by atoms with van der Waals surface area (Å²) < 4.78 is 1.28. The average molecular weight is 385 g/mol. The molecule has 0 atom stereocenters. The highest BCUT2D eigenvalue weighted by molar-refractivity contribution is 7.19. The van der Waals surface area contributed by atoms with E-state index < -0.39 is 0 Å². The third-order valence-corrected chi connectivity index (χ3v) is 7.19. The first kappa shape index (κ1) is 17.7. The lowest BCUT2D eigenvalue weighted by molar-refractivity contribution is -0.130. The number of aryl methyl sites for hydroxylation is 1. The van der Waals surface area contributed by atoms with Gasteiger partial charge < -0.3 is 4.90 Å². The molecule has 1 aliphatic rings. The van der Waals surface area contributed by atoms with Crippen LogP contribution in [-0.4, -0.2) is 41.9 Å². The number of fused-ring (bicyclic) bond motifs is 1. The summed E-state index contributed by atoms with van der Waals surface area (Å²) in [7, 11) is 0. The Hall–Kier alpha value is -1.69. The maximum atomic E-state index is 12.9. The average Bonchev–Trinajstić information content (AvgIpc) is 3.18. The molecule has 0 unspecified atom stereocenters. The lowest BCUT2D eigenvalue weighted by atomic mass is 10.1. The highest BCUT2D eigenvalue weighted by Crippen LogP contribution is 2.31. The largest absolute Gasteiger partial charge is 0.341 e. The normalized spacial score (nSPS) is 16.1. The zero-order chi connectivity index (χ0) is 17.9. The number of carbonyl (C=O) groups excluding carboxylic acids is 1. The van der Waals surface area contributed by atoms with Crippen LogP contribution in [0.2, 0.25) is 0 Å². The van der Waals surface area contributed by atoms with Crippen molar-refractivity contribution in [3.63, 3.8) is 0 Å². The molecule has 136 valence electrons. The molecule has 3 aromatic rings. The van der Waals surface area contributed by atoms with E-state index in [0.717, 1.165) is 39.1 Å². The second kappa shape index (κ2) is 7.91. The molecule has 1 amide bonds. The van der Waals surface area contributed by atoms with Gasteiger partial charge in [0.05, 0.1) is 6.42 Å². The Morgan fingerprint density at radius 3 is 2.81 bits per heavy atom. The third kappa shape index (κ3) is 3.85. The van der Waals surface area contributed by atoms with Gasteiger partial charge in [0.25, 0.3) is 0 Å². The van der Waals surface area contributed by atoms with Gasteiger partial charge in [0.1, 0.15) is 0 Å². The maximum Gasteiger partial charge on any atom is 0.227 e. The molecular weight excluding hydrogens is 360 g/mol. The predicted octanol–water partition coefficient (Wildman–Crippen LogP) is 4.55. The molecule has 1 fully saturated rings. The Morgan fingerprint density at radius 2 is 2.00 bits per heavy atom. The highest BCUT2D eigenvalue weighted by atomic mass is 32.1. The number of rotatable bonds is 4. The molecule has 4 rings (SSSR count). The van der Waals surface area contributed by atoms with Crippen molar-refractivity contribution in [2.24, 2.45) is 0 Å². The van der Waals surface area contributed by atoms with Crippen LogP contribution in [0.5, 0.6) is 0 Å². The van der Waals surface area contributed by atoms with E-state index in [1.54, 1.807) is 22.7 Å². The van der Waals surface area contributed by atoms with Crippen LogP contribution in [0.4, 0.5) is 0 Å². The summed E-state index contributed by atoms with van der Waals surface area (Å²) in [5.41, 5.74) is 2.66. The highest BCUT2D eigenvalue weighted by Gasteiger charge is 2.21. The molecule has 0 aliphatic carbocycles. The van der Waals surface area contributed by atoms with Crippen LogP contribution in [0.25, 0.3) is 10.1 Å². The van der Waals surface area contributed by atoms with Crippen LogP contribution in [-0.2, 0) is 17.8 Å². The number of hydrogen-bond acceptors (Lipinski definition) is 4. The van der Waals surface area contributed by atoms with Gasteiger partial charge in [0.2, 0.25) is 5.91 Å². The second-order valence-electron chi connectivity index (χ2n) is 6.97. The summed E-state index contributed by atoms with van der Waals surface area (Å²) >= 11 is 3.52. The molecule has 0 radical (unpaired) electrons. The minimum Gasteiger partial charge on any atom is -0.341 e. The van der Waals surface area contributed by atoms with Gasteiger partial charge in [0.15, 0.2) is 0 Å². The third-order valence-electron chi connectivity index (χ3n) is 5.18. The lowest BCUT2D eigenvalue weighted by Gasteiger charge is -2.21. The van der Waals surface area contributed by atoms with Crippen molar-refractivity contribution in [1.82, 2.24) is 9.80 Å². The van der Waals surface area contributed by atoms with E-state index in [4.69, 9.17) is 0 Å². The summed E-state index contributed by atoms with van der Waals surface area (Å²) in [4.78, 5) is 18.6. The molecule has 1 aliphatic heterocycles. The van der Waals surface area contributed by atoms with Crippen molar-refractivity contribution in [1.29, 1.82) is 0 Å². The van der Waals surface area contributed by atoms with Gasteiger partial charge in [-0.25, -0.2) is 0 Å². The Kier molecular flexibility index (Phi) is 5.38. The Morgan fingerprint density at radius 1 is 1.12 bits per heavy atom. The minimum atomic E-state index is 0.275. The zero-order valence-electron chi connectivity index (χ0n) is 15.1. The lowest BCUT2D eigenvalue weighted by Crippen LogP contribution is -2.36. The van der Waals surface area contributed by atoms with Crippen molar-refractivity contribution in [3.05, 3.63) is 57.1 Å². The number of benzene rings is 1. The van der Waals surface area contributed by atoms with E-state index in [1.165, 1.54) is 26.1 Å². The van der Waals surface area contributed by atoms with Crippen molar-refractivity contribution in [2.45, 2.75) is 26.3 Å². The first-order valence-corrected chi connectivity index (χ1v) is 10.9. The molecule has 0 N–H and O–H groups in total. The molecule has 26 heavy (non-hydrogen) atoms. The number of hydrogen-bond donors (Lipinski definition) is 0. The van der Waals surface area contributed by atoms with Crippen LogP contribution in [0, 0.1) is 6.92 Å². The molecule has 3 nitrogen and oxygen atoms in total. The van der Waals surface area contributed by atoms with Crippen molar-refractivity contribution >= 4 is 38.7 Å². The Balaban J connectivity index is 1.39.